The molecule has 2 aromatic carbocycles. The monoisotopic (exact) mass is 498 g/mol. The van der Waals surface area contributed by atoms with Gasteiger partial charge in [0.2, 0.25) is 0 Å². The summed E-state index contributed by atoms with van der Waals surface area (Å²) in [5, 5.41) is 16.4. The van der Waals surface area contributed by atoms with E-state index in [-0.39, 0.29) is 10.6 Å². The first-order valence-electron chi connectivity index (χ1n) is 10.3. The van der Waals surface area contributed by atoms with E-state index in [0.29, 0.717) is 28.0 Å². The average Bonchev–Trinajstić information content (AvgIpc) is 3.08. The predicted octanol–water partition coefficient (Wildman–Crippen LogP) is 4.79. The number of hydrogen-bond acceptors (Lipinski definition) is 7. The van der Waals surface area contributed by atoms with Crippen LogP contribution in [-0.4, -0.2) is 35.5 Å². The Balaban J connectivity index is 1.47. The molecule has 176 valence electrons. The molecule has 2 N–H and O–H groups in total. The lowest BCUT2D eigenvalue weighted by molar-refractivity contribution is 0.403. The minimum Gasteiger partial charge on any atom is -0.495 e. The summed E-state index contributed by atoms with van der Waals surface area (Å²) in [5.41, 5.74) is 4.18. The van der Waals surface area contributed by atoms with E-state index in [2.05, 4.69) is 25.3 Å². The van der Waals surface area contributed by atoms with Gasteiger partial charge >= 0.3 is 0 Å². The van der Waals surface area contributed by atoms with E-state index in [4.69, 9.17) is 16.3 Å². The number of nitrogens with zero attached hydrogens (tertiary/aromatic N) is 4. The Morgan fingerprint density at radius 2 is 1.65 bits per heavy atom. The number of halogens is 1. The molecule has 0 amide bonds. The van der Waals surface area contributed by atoms with E-state index in [0.717, 1.165) is 17.0 Å². The summed E-state index contributed by atoms with van der Waals surface area (Å²) in [6.45, 7) is 5.96. The van der Waals surface area contributed by atoms with Crippen molar-refractivity contribution in [2.45, 2.75) is 25.7 Å². The molecule has 9 nitrogen and oxygen atoms in total. The van der Waals surface area contributed by atoms with Gasteiger partial charge in [0, 0.05) is 22.1 Å². The number of aromatic nitrogens is 4. The van der Waals surface area contributed by atoms with Crippen molar-refractivity contribution in [3.05, 3.63) is 76.6 Å². The quantitative estimate of drug-likeness (QED) is 0.376. The van der Waals surface area contributed by atoms with Crippen LogP contribution >= 0.6 is 11.6 Å². The zero-order valence-corrected chi connectivity index (χ0v) is 20.6. The molecule has 0 fully saturated rings. The Hall–Kier alpha value is -3.63. The maximum atomic E-state index is 12.8. The number of nitrogens with one attached hydrogen (secondary N) is 2. The van der Waals surface area contributed by atoms with Gasteiger partial charge in [0.1, 0.15) is 10.6 Å². The third-order valence-electron chi connectivity index (χ3n) is 5.35. The Labute approximate surface area is 202 Å². The van der Waals surface area contributed by atoms with E-state index >= 15 is 0 Å². The van der Waals surface area contributed by atoms with Crippen LogP contribution in [0.4, 0.5) is 17.2 Å². The van der Waals surface area contributed by atoms with Crippen molar-refractivity contribution in [2.75, 3.05) is 17.1 Å². The summed E-state index contributed by atoms with van der Waals surface area (Å²) in [4.78, 5) is -0.0436. The number of hydrogen-bond donors (Lipinski definition) is 2. The summed E-state index contributed by atoms with van der Waals surface area (Å²) < 4.78 is 35.1. The van der Waals surface area contributed by atoms with Crippen molar-refractivity contribution in [3.8, 4) is 11.6 Å². The zero-order chi connectivity index (χ0) is 24.5. The summed E-state index contributed by atoms with van der Waals surface area (Å²) in [5.74, 6) is 1.37. The summed E-state index contributed by atoms with van der Waals surface area (Å²) >= 11 is 5.97. The number of aryl methyl sites for hydroxylation is 1. The van der Waals surface area contributed by atoms with E-state index < -0.39 is 10.0 Å². The summed E-state index contributed by atoms with van der Waals surface area (Å²) in [6, 6.07) is 14.8. The second kappa shape index (κ2) is 9.32. The number of methoxy groups -OCH3 is 1. The first kappa shape index (κ1) is 23.5. The van der Waals surface area contributed by atoms with Gasteiger partial charge in [-0.05, 0) is 80.9 Å². The van der Waals surface area contributed by atoms with E-state index in [1.54, 1.807) is 41.1 Å². The van der Waals surface area contributed by atoms with Crippen LogP contribution in [0.15, 0.2) is 59.5 Å². The fourth-order valence-electron chi connectivity index (χ4n) is 3.29. The molecular formula is C23H23ClN6O3S. The van der Waals surface area contributed by atoms with Gasteiger partial charge in [0.25, 0.3) is 10.0 Å². The molecule has 0 bridgehead atoms. The molecule has 0 saturated heterocycles. The number of ether oxygens (including phenoxy) is 1. The third kappa shape index (κ3) is 4.82. The van der Waals surface area contributed by atoms with Gasteiger partial charge in [-0.25, -0.2) is 13.1 Å². The van der Waals surface area contributed by atoms with Gasteiger partial charge in [-0.2, -0.15) is 5.10 Å². The van der Waals surface area contributed by atoms with Crippen molar-refractivity contribution in [2.24, 2.45) is 0 Å². The molecule has 0 aliphatic heterocycles. The summed E-state index contributed by atoms with van der Waals surface area (Å²) in [6.07, 6.45) is 0. The molecule has 4 aromatic rings. The van der Waals surface area contributed by atoms with Crippen molar-refractivity contribution in [3.63, 3.8) is 0 Å². The first-order valence-corrected chi connectivity index (χ1v) is 12.1. The fraction of sp³-hybridized carbons (Fsp3) is 0.174. The molecular weight excluding hydrogens is 476 g/mol. The number of benzene rings is 2. The minimum atomic E-state index is -3.90. The lowest BCUT2D eigenvalue weighted by Crippen LogP contribution is -2.14. The molecule has 0 atom stereocenters. The highest BCUT2D eigenvalue weighted by atomic mass is 35.5. The molecule has 2 aromatic heterocycles. The maximum absolute atomic E-state index is 12.8. The van der Waals surface area contributed by atoms with Gasteiger partial charge < -0.3 is 10.1 Å². The standard InChI is InChI=1S/C23H23ClN6O3S/c1-14-15(2)28-30(16(14)3)23-12-11-22(26-27-23)25-18-6-8-19(9-7-18)29-34(31,32)21-13-17(24)5-10-20(21)33-4/h5-13,29H,1-4H3,(H,25,26). The molecule has 0 spiro atoms. The highest BCUT2D eigenvalue weighted by molar-refractivity contribution is 7.92. The van der Waals surface area contributed by atoms with Crippen molar-refractivity contribution in [1.29, 1.82) is 0 Å². The van der Waals surface area contributed by atoms with Crippen LogP contribution in [0.25, 0.3) is 5.82 Å². The summed E-state index contributed by atoms with van der Waals surface area (Å²) in [7, 11) is -2.50. The predicted molar refractivity (Wildman–Crippen MR) is 132 cm³/mol. The fourth-order valence-corrected chi connectivity index (χ4v) is 4.78. The SMILES string of the molecule is COc1ccc(Cl)cc1S(=O)(=O)Nc1ccc(Nc2ccc(-n3nc(C)c(C)c3C)nn2)cc1. The topological polar surface area (TPSA) is 111 Å². The van der Waals surface area contributed by atoms with E-state index in [9.17, 15) is 8.42 Å². The van der Waals surface area contributed by atoms with Crippen molar-refractivity contribution in [1.82, 2.24) is 20.0 Å². The Bertz CT molecular complexity index is 1440. The smallest absolute Gasteiger partial charge is 0.265 e. The number of anilines is 3. The normalized spacial score (nSPS) is 11.3. The molecule has 11 heteroatoms. The number of rotatable bonds is 7. The van der Waals surface area contributed by atoms with Crippen LogP contribution < -0.4 is 14.8 Å². The highest BCUT2D eigenvalue weighted by Gasteiger charge is 2.20. The lowest BCUT2D eigenvalue weighted by Gasteiger charge is -2.12. The molecule has 34 heavy (non-hydrogen) atoms. The lowest BCUT2D eigenvalue weighted by atomic mass is 10.2. The van der Waals surface area contributed by atoms with Crippen LogP contribution in [0.5, 0.6) is 5.75 Å². The average molecular weight is 499 g/mol. The van der Waals surface area contributed by atoms with Gasteiger partial charge in [-0.15, -0.1) is 10.2 Å². The van der Waals surface area contributed by atoms with Gasteiger partial charge in [0.15, 0.2) is 11.6 Å². The van der Waals surface area contributed by atoms with Crippen LogP contribution in [-0.2, 0) is 10.0 Å². The maximum Gasteiger partial charge on any atom is 0.265 e. The molecule has 0 aliphatic carbocycles. The second-order valence-corrected chi connectivity index (χ2v) is 9.67. The second-order valence-electron chi connectivity index (χ2n) is 7.59. The van der Waals surface area contributed by atoms with Crippen LogP contribution in [0.1, 0.15) is 17.0 Å². The van der Waals surface area contributed by atoms with Crippen LogP contribution in [0.3, 0.4) is 0 Å². The Morgan fingerprint density at radius 3 is 2.24 bits per heavy atom. The van der Waals surface area contributed by atoms with Crippen LogP contribution in [0.2, 0.25) is 5.02 Å². The first-order chi connectivity index (χ1) is 16.2. The minimum absolute atomic E-state index is 0.0436. The van der Waals surface area contributed by atoms with Crippen molar-refractivity contribution < 1.29 is 13.2 Å². The van der Waals surface area contributed by atoms with Gasteiger partial charge in [-0.3, -0.25) is 4.72 Å². The molecule has 0 aliphatic rings. The highest BCUT2D eigenvalue weighted by Crippen LogP contribution is 2.29. The molecule has 2 heterocycles. The number of sulfonamides is 1. The van der Waals surface area contributed by atoms with Crippen molar-refractivity contribution >= 4 is 38.8 Å². The van der Waals surface area contributed by atoms with E-state index in [1.165, 1.54) is 19.2 Å². The van der Waals surface area contributed by atoms with Gasteiger partial charge in [-0.1, -0.05) is 11.6 Å². The van der Waals surface area contributed by atoms with Gasteiger partial charge in [0.05, 0.1) is 12.8 Å². The molecule has 0 radical (unpaired) electrons. The van der Waals surface area contributed by atoms with E-state index in [1.807, 2.05) is 26.8 Å². The largest absolute Gasteiger partial charge is 0.495 e. The molecule has 0 saturated carbocycles. The third-order valence-corrected chi connectivity index (χ3v) is 6.98. The zero-order valence-electron chi connectivity index (χ0n) is 19.0. The Kier molecular flexibility index (Phi) is 6.45. The van der Waals surface area contributed by atoms with Crippen LogP contribution in [0, 0.1) is 20.8 Å². The molecule has 4 rings (SSSR count). The molecule has 0 unspecified atom stereocenters. The Morgan fingerprint density at radius 1 is 0.941 bits per heavy atom.